The van der Waals surface area contributed by atoms with Crippen molar-refractivity contribution in [1.29, 1.82) is 0 Å². The summed E-state index contributed by atoms with van der Waals surface area (Å²) in [5.41, 5.74) is 3.31. The Hall–Kier alpha value is -3.61. The van der Waals surface area contributed by atoms with E-state index in [9.17, 15) is 9.59 Å². The van der Waals surface area contributed by atoms with Crippen molar-refractivity contribution in [3.8, 4) is 0 Å². The van der Waals surface area contributed by atoms with Crippen molar-refractivity contribution in [2.24, 2.45) is 5.92 Å². The van der Waals surface area contributed by atoms with Gasteiger partial charge in [-0.3, -0.25) is 9.48 Å². The molecule has 3 amide bonds. The van der Waals surface area contributed by atoms with Gasteiger partial charge < -0.3 is 16.0 Å². The molecule has 0 aliphatic rings. The Labute approximate surface area is 176 Å². The molecule has 0 unspecified atom stereocenters. The molecule has 1 heterocycles. The van der Waals surface area contributed by atoms with Gasteiger partial charge in [-0.2, -0.15) is 5.10 Å². The van der Waals surface area contributed by atoms with Crippen LogP contribution >= 0.6 is 0 Å². The maximum atomic E-state index is 12.3. The van der Waals surface area contributed by atoms with Crippen LogP contribution in [0.25, 0.3) is 0 Å². The summed E-state index contributed by atoms with van der Waals surface area (Å²) < 4.78 is 1.85. The van der Waals surface area contributed by atoms with Crippen LogP contribution in [0.15, 0.2) is 67.0 Å². The van der Waals surface area contributed by atoms with Gasteiger partial charge in [0, 0.05) is 36.7 Å². The lowest BCUT2D eigenvalue weighted by atomic mass is 10.1. The smallest absolute Gasteiger partial charge is 0.319 e. The number of hydrogen-bond donors (Lipinski definition) is 3. The van der Waals surface area contributed by atoms with Crippen molar-refractivity contribution in [1.82, 2.24) is 20.4 Å². The fraction of sp³-hybridized carbons (Fsp3) is 0.261. The topological polar surface area (TPSA) is 88.0 Å². The lowest BCUT2D eigenvalue weighted by Crippen LogP contribution is -2.29. The molecule has 0 bridgehead atoms. The van der Waals surface area contributed by atoms with E-state index in [-0.39, 0.29) is 11.9 Å². The van der Waals surface area contributed by atoms with Crippen molar-refractivity contribution in [3.05, 3.63) is 83.7 Å². The average molecular weight is 406 g/mol. The van der Waals surface area contributed by atoms with Crippen molar-refractivity contribution >= 4 is 17.6 Å². The summed E-state index contributed by atoms with van der Waals surface area (Å²) in [6.45, 7) is 5.76. The highest BCUT2D eigenvalue weighted by molar-refractivity contribution is 5.95. The number of carbonyl (C=O) groups excluding carboxylic acids is 2. The molecule has 3 aromatic rings. The second-order valence-electron chi connectivity index (χ2n) is 7.46. The number of nitrogens with one attached hydrogen (secondary N) is 3. The Kier molecular flexibility index (Phi) is 7.21. The standard InChI is InChI=1S/C23H27N5O2/c1-17(2)14-24-22(29)18-8-10-21(11-9-18)27-23(30)25-15-19-6-3-4-7-20(19)16-28-13-5-12-26-28/h3-13,17H,14-16H2,1-2H3,(H,24,29)(H2,25,27,30). The molecule has 7 nitrogen and oxygen atoms in total. The van der Waals surface area contributed by atoms with E-state index in [4.69, 9.17) is 0 Å². The van der Waals surface area contributed by atoms with Gasteiger partial charge in [-0.15, -0.1) is 0 Å². The maximum absolute atomic E-state index is 12.3. The molecule has 0 atom stereocenters. The first-order valence-electron chi connectivity index (χ1n) is 9.98. The van der Waals surface area contributed by atoms with Crippen LogP contribution in [-0.2, 0) is 13.1 Å². The molecule has 0 radical (unpaired) electrons. The van der Waals surface area contributed by atoms with E-state index in [1.807, 2.05) is 55.1 Å². The second-order valence-corrected chi connectivity index (χ2v) is 7.46. The van der Waals surface area contributed by atoms with E-state index in [1.54, 1.807) is 30.5 Å². The highest BCUT2D eigenvalue weighted by Crippen LogP contribution is 2.12. The third-order valence-electron chi connectivity index (χ3n) is 4.53. The predicted octanol–water partition coefficient (Wildman–Crippen LogP) is 3.64. The number of urea groups is 1. The lowest BCUT2D eigenvalue weighted by Gasteiger charge is -2.12. The summed E-state index contributed by atoms with van der Waals surface area (Å²) >= 11 is 0. The predicted molar refractivity (Wildman–Crippen MR) is 117 cm³/mol. The number of nitrogens with zero attached hydrogens (tertiary/aromatic N) is 2. The Morgan fingerprint density at radius 3 is 2.37 bits per heavy atom. The van der Waals surface area contributed by atoms with Gasteiger partial charge in [0.1, 0.15) is 0 Å². The van der Waals surface area contributed by atoms with E-state index in [0.29, 0.717) is 36.8 Å². The molecule has 0 saturated carbocycles. The molecule has 2 aromatic carbocycles. The number of anilines is 1. The van der Waals surface area contributed by atoms with Crippen LogP contribution in [0.5, 0.6) is 0 Å². The number of aromatic nitrogens is 2. The summed E-state index contributed by atoms with van der Waals surface area (Å²) in [5.74, 6) is 0.275. The van der Waals surface area contributed by atoms with E-state index in [2.05, 4.69) is 21.0 Å². The summed E-state index contributed by atoms with van der Waals surface area (Å²) in [7, 11) is 0. The lowest BCUT2D eigenvalue weighted by molar-refractivity contribution is 0.0949. The highest BCUT2D eigenvalue weighted by Gasteiger charge is 2.08. The van der Waals surface area contributed by atoms with Crippen molar-refractivity contribution in [2.75, 3.05) is 11.9 Å². The Morgan fingerprint density at radius 1 is 0.967 bits per heavy atom. The zero-order valence-corrected chi connectivity index (χ0v) is 17.3. The van der Waals surface area contributed by atoms with E-state index >= 15 is 0 Å². The van der Waals surface area contributed by atoms with Crippen LogP contribution < -0.4 is 16.0 Å². The third-order valence-corrected chi connectivity index (χ3v) is 4.53. The molecule has 0 aliphatic carbocycles. The van der Waals surface area contributed by atoms with Crippen molar-refractivity contribution in [2.45, 2.75) is 26.9 Å². The number of carbonyl (C=O) groups is 2. The molecule has 3 rings (SSSR count). The number of benzene rings is 2. The molecule has 7 heteroatoms. The molecular weight excluding hydrogens is 378 g/mol. The van der Waals surface area contributed by atoms with Gasteiger partial charge in [-0.1, -0.05) is 38.1 Å². The van der Waals surface area contributed by atoms with Gasteiger partial charge in [0.05, 0.1) is 6.54 Å². The van der Waals surface area contributed by atoms with Crippen LogP contribution in [0.2, 0.25) is 0 Å². The van der Waals surface area contributed by atoms with Gasteiger partial charge >= 0.3 is 6.03 Å². The molecule has 156 valence electrons. The van der Waals surface area contributed by atoms with Gasteiger partial charge in [-0.05, 0) is 47.4 Å². The monoisotopic (exact) mass is 405 g/mol. The van der Waals surface area contributed by atoms with E-state index in [1.165, 1.54) is 0 Å². The fourth-order valence-electron chi connectivity index (χ4n) is 2.91. The second kappa shape index (κ2) is 10.2. The molecule has 0 fully saturated rings. The van der Waals surface area contributed by atoms with Crippen molar-refractivity contribution in [3.63, 3.8) is 0 Å². The summed E-state index contributed by atoms with van der Waals surface area (Å²) in [6.07, 6.45) is 3.65. The summed E-state index contributed by atoms with van der Waals surface area (Å²) in [6, 6.07) is 16.4. The van der Waals surface area contributed by atoms with Gasteiger partial charge in [-0.25, -0.2) is 4.79 Å². The minimum atomic E-state index is -0.305. The van der Waals surface area contributed by atoms with Gasteiger partial charge in [0.15, 0.2) is 0 Å². The first-order valence-corrected chi connectivity index (χ1v) is 9.98. The Balaban J connectivity index is 1.52. The minimum absolute atomic E-state index is 0.117. The molecule has 0 saturated heterocycles. The maximum Gasteiger partial charge on any atom is 0.319 e. The Bertz CT molecular complexity index is 966. The number of amides is 3. The fourth-order valence-corrected chi connectivity index (χ4v) is 2.91. The van der Waals surface area contributed by atoms with Gasteiger partial charge in [0.2, 0.25) is 0 Å². The molecule has 30 heavy (non-hydrogen) atoms. The minimum Gasteiger partial charge on any atom is -0.352 e. The molecule has 0 spiro atoms. The van der Waals surface area contributed by atoms with Crippen molar-refractivity contribution < 1.29 is 9.59 Å². The Morgan fingerprint density at radius 2 is 1.70 bits per heavy atom. The first-order chi connectivity index (χ1) is 14.5. The average Bonchev–Trinajstić information content (AvgIpc) is 3.25. The van der Waals surface area contributed by atoms with Crippen LogP contribution in [0.1, 0.15) is 35.3 Å². The van der Waals surface area contributed by atoms with Gasteiger partial charge in [0.25, 0.3) is 5.91 Å². The first kappa shape index (κ1) is 21.1. The van der Waals surface area contributed by atoms with Crippen LogP contribution in [-0.4, -0.2) is 28.3 Å². The van der Waals surface area contributed by atoms with Crippen LogP contribution in [0.3, 0.4) is 0 Å². The zero-order chi connectivity index (χ0) is 21.3. The number of hydrogen-bond acceptors (Lipinski definition) is 3. The normalized spacial score (nSPS) is 10.6. The molecule has 3 N–H and O–H groups in total. The summed E-state index contributed by atoms with van der Waals surface area (Å²) in [4.78, 5) is 24.4. The van der Waals surface area contributed by atoms with E-state index < -0.39 is 0 Å². The zero-order valence-electron chi connectivity index (χ0n) is 17.3. The SMILES string of the molecule is CC(C)CNC(=O)c1ccc(NC(=O)NCc2ccccc2Cn2cccn2)cc1. The quantitative estimate of drug-likeness (QED) is 0.535. The molecule has 0 aliphatic heterocycles. The third kappa shape index (κ3) is 6.20. The van der Waals surface area contributed by atoms with E-state index in [0.717, 1.165) is 11.1 Å². The largest absolute Gasteiger partial charge is 0.352 e. The molecule has 1 aromatic heterocycles. The van der Waals surface area contributed by atoms with Crippen LogP contribution in [0.4, 0.5) is 10.5 Å². The highest BCUT2D eigenvalue weighted by atomic mass is 16.2. The summed E-state index contributed by atoms with van der Waals surface area (Å²) in [5, 5.41) is 12.8. The molecular formula is C23H27N5O2. The van der Waals surface area contributed by atoms with Crippen LogP contribution in [0, 0.1) is 5.92 Å². The number of rotatable bonds is 8.